The average Bonchev–Trinajstić information content (AvgIpc) is 3.34. The second-order valence-corrected chi connectivity index (χ2v) is 8.17. The number of fused-ring (bicyclic) bond motifs is 1. The van der Waals surface area contributed by atoms with Crippen LogP contribution in [0.25, 0.3) is 11.0 Å². The van der Waals surface area contributed by atoms with Gasteiger partial charge in [0.25, 0.3) is 5.09 Å². The second-order valence-electron chi connectivity index (χ2n) is 6.48. The van der Waals surface area contributed by atoms with Gasteiger partial charge in [-0.25, -0.2) is 4.98 Å². The highest BCUT2D eigenvalue weighted by Gasteiger charge is 2.19. The third-order valence-electron chi connectivity index (χ3n) is 4.35. The molecule has 2 aromatic heterocycles. The molecule has 0 aliphatic rings. The van der Waals surface area contributed by atoms with Crippen LogP contribution in [0.2, 0.25) is 20.1 Å². The summed E-state index contributed by atoms with van der Waals surface area (Å²) in [4.78, 5) is 12.4. The summed E-state index contributed by atoms with van der Waals surface area (Å²) in [6, 6.07) is 8.77. The molecule has 1 atom stereocenters. The van der Waals surface area contributed by atoms with Crippen molar-refractivity contribution in [3.63, 3.8) is 0 Å². The molecule has 2 aromatic carbocycles. The van der Waals surface area contributed by atoms with Gasteiger partial charge in [0.05, 0.1) is 30.8 Å². The van der Waals surface area contributed by atoms with Crippen LogP contribution in [-0.2, 0) is 17.9 Å². The number of aromatic nitrogens is 2. The van der Waals surface area contributed by atoms with E-state index in [1.807, 2.05) is 16.8 Å². The lowest BCUT2D eigenvalue weighted by Gasteiger charge is -2.20. The summed E-state index contributed by atoms with van der Waals surface area (Å²) in [5.41, 5.74) is 2.28. The quantitative estimate of drug-likeness (QED) is 0.221. The van der Waals surface area contributed by atoms with Gasteiger partial charge in [-0.05, 0) is 18.2 Å². The third kappa shape index (κ3) is 6.27. The summed E-state index contributed by atoms with van der Waals surface area (Å²) in [7, 11) is 0. The van der Waals surface area contributed by atoms with Crippen molar-refractivity contribution in [3.8, 4) is 0 Å². The molecule has 0 aliphatic carbocycles. The highest BCUT2D eigenvalue weighted by atomic mass is 35.5. The molecule has 0 spiro atoms. The Morgan fingerprint density at radius 2 is 1.88 bits per heavy atom. The standard InChI is InChI=1S/C20H14Cl4N2O2.HNO3/c21-13-1-2-15(16(23)5-13)19(8-26-4-3-25-11-26)28-10-12-9-27-18-7-14(22)6-17(24)20(12)18;2-1(3)4/h1-7,9,11,19H,8,10H2;(H,2,3,4). The van der Waals surface area contributed by atoms with Gasteiger partial charge < -0.3 is 18.9 Å². The summed E-state index contributed by atoms with van der Waals surface area (Å²) in [5, 5.41) is 16.6. The Balaban J connectivity index is 0.000000668. The first-order chi connectivity index (χ1) is 15.2. The van der Waals surface area contributed by atoms with Gasteiger partial charge in [-0.15, -0.1) is 10.1 Å². The first kappa shape index (κ1) is 24.2. The van der Waals surface area contributed by atoms with E-state index in [-0.39, 0.29) is 12.7 Å². The Morgan fingerprint density at radius 3 is 2.53 bits per heavy atom. The molecular weight excluding hydrogens is 504 g/mol. The SMILES string of the molecule is Clc1ccc(C(Cn2ccnc2)OCc2coc3cc(Cl)cc(Cl)c23)c(Cl)c1.O=[N+]([O-])O. The van der Waals surface area contributed by atoms with Crippen molar-refractivity contribution in [1.82, 2.24) is 9.55 Å². The minimum Gasteiger partial charge on any atom is -0.464 e. The number of rotatable bonds is 6. The van der Waals surface area contributed by atoms with Crippen LogP contribution in [0.3, 0.4) is 0 Å². The van der Waals surface area contributed by atoms with Gasteiger partial charge >= 0.3 is 0 Å². The lowest BCUT2D eigenvalue weighted by atomic mass is 10.1. The first-order valence-corrected chi connectivity index (χ1v) is 10.5. The Labute approximate surface area is 201 Å². The zero-order valence-corrected chi connectivity index (χ0v) is 19.1. The van der Waals surface area contributed by atoms with Gasteiger partial charge in [0, 0.05) is 50.0 Å². The zero-order valence-electron chi connectivity index (χ0n) is 16.1. The van der Waals surface area contributed by atoms with E-state index in [1.54, 1.807) is 43.1 Å². The number of imidazole rings is 1. The van der Waals surface area contributed by atoms with Crippen LogP contribution in [0.4, 0.5) is 0 Å². The Kier molecular flexibility index (Phi) is 8.22. The minimum atomic E-state index is -1.50. The molecule has 0 fully saturated rings. The summed E-state index contributed by atoms with van der Waals surface area (Å²) in [6.07, 6.45) is 6.62. The van der Waals surface area contributed by atoms with E-state index in [0.29, 0.717) is 32.2 Å². The summed E-state index contributed by atoms with van der Waals surface area (Å²) >= 11 is 24.9. The van der Waals surface area contributed by atoms with Crippen molar-refractivity contribution in [1.29, 1.82) is 0 Å². The van der Waals surface area contributed by atoms with Crippen molar-refractivity contribution in [2.45, 2.75) is 19.3 Å². The van der Waals surface area contributed by atoms with Crippen molar-refractivity contribution in [3.05, 3.63) is 96.6 Å². The summed E-state index contributed by atoms with van der Waals surface area (Å²) in [6.45, 7) is 0.823. The van der Waals surface area contributed by atoms with E-state index in [4.69, 9.17) is 70.9 Å². The summed E-state index contributed by atoms with van der Waals surface area (Å²) < 4.78 is 13.7. The molecule has 8 nitrogen and oxygen atoms in total. The number of hydrogen-bond acceptors (Lipinski definition) is 5. The number of nitrogens with zero attached hydrogens (tertiary/aromatic N) is 3. The predicted octanol–water partition coefficient (Wildman–Crippen LogP) is 6.85. The summed E-state index contributed by atoms with van der Waals surface area (Å²) in [5.74, 6) is 0. The molecule has 0 radical (unpaired) electrons. The molecule has 2 heterocycles. The topological polar surface area (TPSA) is 104 Å². The molecule has 12 heteroatoms. The smallest absolute Gasteiger partial charge is 0.291 e. The van der Waals surface area contributed by atoms with Crippen LogP contribution in [0.15, 0.2) is 59.7 Å². The molecule has 0 amide bonds. The molecule has 32 heavy (non-hydrogen) atoms. The maximum absolute atomic E-state index is 8.36. The van der Waals surface area contributed by atoms with Crippen molar-refractivity contribution >= 4 is 57.4 Å². The monoisotopic (exact) mass is 517 g/mol. The van der Waals surface area contributed by atoms with E-state index in [9.17, 15) is 0 Å². The van der Waals surface area contributed by atoms with Crippen molar-refractivity contribution < 1.29 is 19.4 Å². The Hall–Kier alpha value is -2.49. The van der Waals surface area contributed by atoms with Crippen LogP contribution >= 0.6 is 46.4 Å². The number of halogens is 4. The van der Waals surface area contributed by atoms with Crippen molar-refractivity contribution in [2.75, 3.05) is 0 Å². The van der Waals surface area contributed by atoms with Gasteiger partial charge in [-0.1, -0.05) is 52.5 Å². The van der Waals surface area contributed by atoms with Gasteiger partial charge in [0.1, 0.15) is 11.7 Å². The average molecular weight is 519 g/mol. The van der Waals surface area contributed by atoms with Crippen LogP contribution in [0, 0.1) is 10.1 Å². The van der Waals surface area contributed by atoms with Crippen LogP contribution in [-0.4, -0.2) is 19.8 Å². The number of hydrogen-bond donors (Lipinski definition) is 1. The lowest BCUT2D eigenvalue weighted by Crippen LogP contribution is -2.12. The lowest BCUT2D eigenvalue weighted by molar-refractivity contribution is -0.742. The van der Waals surface area contributed by atoms with Gasteiger partial charge in [0.15, 0.2) is 0 Å². The maximum Gasteiger partial charge on any atom is 0.291 e. The molecule has 4 aromatic rings. The van der Waals surface area contributed by atoms with Crippen molar-refractivity contribution in [2.24, 2.45) is 0 Å². The highest BCUT2D eigenvalue weighted by Crippen LogP contribution is 2.35. The van der Waals surface area contributed by atoms with E-state index in [0.717, 1.165) is 16.5 Å². The van der Waals surface area contributed by atoms with E-state index >= 15 is 0 Å². The predicted molar refractivity (Wildman–Crippen MR) is 121 cm³/mol. The fraction of sp³-hybridized carbons (Fsp3) is 0.150. The van der Waals surface area contributed by atoms with Crippen LogP contribution in [0.5, 0.6) is 0 Å². The largest absolute Gasteiger partial charge is 0.464 e. The van der Waals surface area contributed by atoms with Gasteiger partial charge in [-0.3, -0.25) is 0 Å². The fourth-order valence-electron chi connectivity index (χ4n) is 3.03. The van der Waals surface area contributed by atoms with E-state index in [1.165, 1.54) is 0 Å². The molecule has 168 valence electrons. The molecule has 1 unspecified atom stereocenters. The number of benzene rings is 2. The number of ether oxygens (including phenoxy) is 1. The Bertz CT molecular complexity index is 1210. The van der Waals surface area contributed by atoms with E-state index < -0.39 is 5.09 Å². The van der Waals surface area contributed by atoms with Gasteiger partial charge in [0.2, 0.25) is 0 Å². The molecule has 0 saturated carbocycles. The molecule has 1 N–H and O–H groups in total. The first-order valence-electron chi connectivity index (χ1n) is 8.95. The van der Waals surface area contributed by atoms with E-state index in [2.05, 4.69) is 4.98 Å². The number of furan rings is 1. The minimum absolute atomic E-state index is 0.284. The maximum atomic E-state index is 8.36. The second kappa shape index (κ2) is 10.9. The zero-order chi connectivity index (χ0) is 23.3. The van der Waals surface area contributed by atoms with Crippen LogP contribution in [0.1, 0.15) is 17.2 Å². The third-order valence-corrected chi connectivity index (χ3v) is 5.43. The molecular formula is C20H15Cl4N3O5. The molecule has 0 aliphatic heterocycles. The van der Waals surface area contributed by atoms with Crippen LogP contribution < -0.4 is 0 Å². The molecule has 0 saturated heterocycles. The molecule has 0 bridgehead atoms. The normalized spacial score (nSPS) is 11.8. The fourth-order valence-corrected chi connectivity index (χ4v) is 4.16. The Morgan fingerprint density at radius 1 is 1.16 bits per heavy atom. The molecule has 4 rings (SSSR count). The van der Waals surface area contributed by atoms with Gasteiger partial charge in [-0.2, -0.15) is 0 Å². The highest BCUT2D eigenvalue weighted by molar-refractivity contribution is 6.38.